The Hall–Kier alpha value is -0.243. The van der Waals surface area contributed by atoms with Gasteiger partial charge in [-0.15, -0.1) is 22.2 Å². The van der Waals surface area contributed by atoms with Gasteiger partial charge >= 0.3 is 6.69 Å². The van der Waals surface area contributed by atoms with E-state index in [9.17, 15) is 0 Å². The fourth-order valence-electron chi connectivity index (χ4n) is 1.31. The van der Waals surface area contributed by atoms with Crippen LogP contribution >= 0.6 is 22.2 Å². The van der Waals surface area contributed by atoms with E-state index >= 15 is 0 Å². The fourth-order valence-corrected chi connectivity index (χ4v) is 3.89. The van der Waals surface area contributed by atoms with Gasteiger partial charge < -0.3 is 0 Å². The normalized spacial score (nSPS) is 12.2. The monoisotopic (exact) mass is 258 g/mol. The van der Waals surface area contributed by atoms with Crippen LogP contribution in [0.25, 0.3) is 0 Å². The summed E-state index contributed by atoms with van der Waals surface area (Å²) in [4.78, 5) is 0. The quantitative estimate of drug-likeness (QED) is 0.424. The van der Waals surface area contributed by atoms with E-state index < -0.39 is 6.69 Å². The highest BCUT2D eigenvalue weighted by Crippen LogP contribution is 2.17. The van der Waals surface area contributed by atoms with Crippen LogP contribution in [0.3, 0.4) is 0 Å². The van der Waals surface area contributed by atoms with Gasteiger partial charge in [0.05, 0.1) is 0 Å². The molecule has 0 aliphatic rings. The SMILES string of the molecule is CCCC/C=C/[Si](Cl)(Cl)c1ccccc1. The van der Waals surface area contributed by atoms with E-state index in [0.29, 0.717) is 0 Å². The molecular formula is C12H16Cl2Si. The van der Waals surface area contributed by atoms with Gasteiger partial charge in [-0.25, -0.2) is 0 Å². The maximum Gasteiger partial charge on any atom is 0.303 e. The van der Waals surface area contributed by atoms with Crippen LogP contribution in [-0.2, 0) is 0 Å². The Morgan fingerprint density at radius 3 is 2.47 bits per heavy atom. The molecule has 0 N–H and O–H groups in total. The van der Waals surface area contributed by atoms with Crippen molar-refractivity contribution < 1.29 is 0 Å². The second-order valence-electron chi connectivity index (χ2n) is 3.53. The number of hydrogen-bond donors (Lipinski definition) is 0. The van der Waals surface area contributed by atoms with Gasteiger partial charge in [0.2, 0.25) is 0 Å². The minimum atomic E-state index is -2.37. The molecule has 82 valence electrons. The highest BCUT2D eigenvalue weighted by molar-refractivity contribution is 7.53. The molecule has 0 aliphatic heterocycles. The lowest BCUT2D eigenvalue weighted by molar-refractivity contribution is 0.815. The Morgan fingerprint density at radius 1 is 1.20 bits per heavy atom. The van der Waals surface area contributed by atoms with E-state index in [1.165, 1.54) is 12.8 Å². The van der Waals surface area contributed by atoms with Gasteiger partial charge in [0.1, 0.15) is 0 Å². The first-order valence-electron chi connectivity index (χ1n) is 5.28. The van der Waals surface area contributed by atoms with Gasteiger partial charge in [-0.05, 0) is 11.6 Å². The van der Waals surface area contributed by atoms with E-state index in [2.05, 4.69) is 13.0 Å². The smallest absolute Gasteiger partial charge is 0.134 e. The molecule has 0 saturated carbocycles. The van der Waals surface area contributed by atoms with Gasteiger partial charge in [-0.2, -0.15) is 0 Å². The maximum atomic E-state index is 6.36. The van der Waals surface area contributed by atoms with Crippen molar-refractivity contribution >= 4 is 34.0 Å². The minimum absolute atomic E-state index is 1.06. The Labute approximate surface area is 102 Å². The zero-order chi connectivity index (χ0) is 11.1. The van der Waals surface area contributed by atoms with Crippen molar-refractivity contribution in [2.24, 2.45) is 0 Å². The van der Waals surface area contributed by atoms with Gasteiger partial charge in [0.25, 0.3) is 0 Å². The Morgan fingerprint density at radius 2 is 1.87 bits per heavy atom. The van der Waals surface area contributed by atoms with Crippen molar-refractivity contribution in [3.05, 3.63) is 42.1 Å². The van der Waals surface area contributed by atoms with Crippen LogP contribution in [0.5, 0.6) is 0 Å². The zero-order valence-electron chi connectivity index (χ0n) is 8.92. The van der Waals surface area contributed by atoms with E-state index in [1.54, 1.807) is 0 Å². The van der Waals surface area contributed by atoms with Crippen molar-refractivity contribution in [3.8, 4) is 0 Å². The summed E-state index contributed by atoms with van der Waals surface area (Å²) >= 11 is 12.7. The molecular weight excluding hydrogens is 243 g/mol. The molecule has 0 atom stereocenters. The van der Waals surface area contributed by atoms with Crippen molar-refractivity contribution in [1.29, 1.82) is 0 Å². The lowest BCUT2D eigenvalue weighted by Gasteiger charge is -2.11. The van der Waals surface area contributed by atoms with E-state index in [0.717, 1.165) is 11.6 Å². The van der Waals surface area contributed by atoms with Crippen LogP contribution in [0.1, 0.15) is 26.2 Å². The molecule has 15 heavy (non-hydrogen) atoms. The Balaban J connectivity index is 2.63. The molecule has 0 aliphatic carbocycles. The van der Waals surface area contributed by atoms with Crippen LogP contribution in [-0.4, -0.2) is 6.69 Å². The molecule has 1 aromatic rings. The lowest BCUT2D eigenvalue weighted by atomic mass is 10.2. The maximum absolute atomic E-state index is 6.36. The average molecular weight is 259 g/mol. The molecule has 0 spiro atoms. The highest BCUT2D eigenvalue weighted by atomic mass is 35.7. The predicted molar refractivity (Wildman–Crippen MR) is 72.2 cm³/mol. The molecule has 0 aromatic heterocycles. The van der Waals surface area contributed by atoms with E-state index in [4.69, 9.17) is 22.2 Å². The van der Waals surface area contributed by atoms with Gasteiger partial charge in [0, 0.05) is 0 Å². The summed E-state index contributed by atoms with van der Waals surface area (Å²) in [6.45, 7) is -0.188. The second-order valence-corrected chi connectivity index (χ2v) is 9.85. The van der Waals surface area contributed by atoms with Crippen LogP contribution in [0, 0.1) is 0 Å². The topological polar surface area (TPSA) is 0 Å². The lowest BCUT2D eigenvalue weighted by Crippen LogP contribution is -2.34. The largest absolute Gasteiger partial charge is 0.303 e. The van der Waals surface area contributed by atoms with Crippen LogP contribution in [0.4, 0.5) is 0 Å². The first kappa shape index (κ1) is 12.8. The molecule has 0 saturated heterocycles. The molecule has 3 heteroatoms. The molecule has 0 amide bonds. The van der Waals surface area contributed by atoms with Crippen LogP contribution in [0.2, 0.25) is 0 Å². The predicted octanol–water partition coefficient (Wildman–Crippen LogP) is 4.10. The first-order chi connectivity index (χ1) is 7.17. The summed E-state index contributed by atoms with van der Waals surface area (Å²) in [5.41, 5.74) is 2.00. The molecule has 1 aromatic carbocycles. The second kappa shape index (κ2) is 6.36. The molecule has 0 fully saturated rings. The summed E-state index contributed by atoms with van der Waals surface area (Å²) in [6, 6.07) is 9.92. The Bertz CT molecular complexity index is 307. The van der Waals surface area contributed by atoms with E-state index in [1.807, 2.05) is 36.0 Å². The summed E-state index contributed by atoms with van der Waals surface area (Å²) in [7, 11) is 0. The summed E-state index contributed by atoms with van der Waals surface area (Å²) in [6.07, 6.45) is 5.58. The molecule has 0 heterocycles. The average Bonchev–Trinajstić information content (AvgIpc) is 2.26. The van der Waals surface area contributed by atoms with Gasteiger partial charge in [-0.1, -0.05) is 61.9 Å². The van der Waals surface area contributed by atoms with Crippen molar-refractivity contribution in [3.63, 3.8) is 0 Å². The number of benzene rings is 1. The van der Waals surface area contributed by atoms with Crippen LogP contribution < -0.4 is 5.19 Å². The fraction of sp³-hybridized carbons (Fsp3) is 0.333. The summed E-state index contributed by atoms with van der Waals surface area (Å²) in [5, 5.41) is 1.06. The third kappa shape index (κ3) is 4.41. The van der Waals surface area contributed by atoms with Crippen LogP contribution in [0.15, 0.2) is 42.1 Å². The number of allylic oxidation sites excluding steroid dienone is 1. The number of hydrogen-bond acceptors (Lipinski definition) is 0. The summed E-state index contributed by atoms with van der Waals surface area (Å²) in [5.74, 6) is 0. The van der Waals surface area contributed by atoms with E-state index in [-0.39, 0.29) is 0 Å². The van der Waals surface area contributed by atoms with Gasteiger partial charge in [-0.3, -0.25) is 0 Å². The summed E-state index contributed by atoms with van der Waals surface area (Å²) < 4.78 is 0. The standard InChI is InChI=1S/C12H16Cl2Si/c1-2-3-4-8-11-15(13,14)12-9-6-5-7-10-12/h5-11H,2-4H2,1H3/b11-8+. The molecule has 0 unspecified atom stereocenters. The zero-order valence-corrected chi connectivity index (χ0v) is 11.4. The number of unbranched alkanes of at least 4 members (excludes halogenated alkanes) is 2. The minimum Gasteiger partial charge on any atom is -0.134 e. The highest BCUT2D eigenvalue weighted by Gasteiger charge is 2.26. The third-order valence-corrected chi connectivity index (χ3v) is 6.03. The molecule has 0 radical (unpaired) electrons. The molecule has 0 nitrogen and oxygen atoms in total. The number of halogens is 2. The molecule has 0 bridgehead atoms. The van der Waals surface area contributed by atoms with Crippen molar-refractivity contribution in [1.82, 2.24) is 0 Å². The first-order valence-corrected chi connectivity index (χ1v) is 9.38. The Kier molecular flexibility index (Phi) is 5.44. The van der Waals surface area contributed by atoms with Crippen molar-refractivity contribution in [2.45, 2.75) is 26.2 Å². The van der Waals surface area contributed by atoms with Crippen molar-refractivity contribution in [2.75, 3.05) is 0 Å². The van der Waals surface area contributed by atoms with Gasteiger partial charge in [0.15, 0.2) is 0 Å². The third-order valence-electron chi connectivity index (χ3n) is 2.21. The number of rotatable bonds is 5. The molecule has 1 rings (SSSR count).